The molecule has 190 valence electrons. The largest absolute Gasteiger partial charge is 0.479 e. The fourth-order valence-corrected chi connectivity index (χ4v) is 3.33. The average molecular weight is 526 g/mol. The Kier molecular flexibility index (Phi) is 7.94. The lowest BCUT2D eigenvalue weighted by Gasteiger charge is -2.33. The SMILES string of the molecule is CCOC(=O)C(C)Oc1ccc(Oc2cc(N3C(=O)CC(C(F)(F)Cl)NC3=O)c(F)cc2C#N)cc1. The first kappa shape index (κ1) is 26.6. The summed E-state index contributed by atoms with van der Waals surface area (Å²) in [5.41, 5.74) is -0.867. The van der Waals surface area contributed by atoms with Crippen LogP contribution in [-0.4, -0.2) is 42.0 Å². The number of carbonyl (C=O) groups is 3. The van der Waals surface area contributed by atoms with E-state index in [0.29, 0.717) is 10.6 Å². The minimum absolute atomic E-state index is 0.163. The predicted octanol–water partition coefficient (Wildman–Crippen LogP) is 4.47. The van der Waals surface area contributed by atoms with Crippen molar-refractivity contribution in [2.45, 2.75) is 37.8 Å². The zero-order valence-electron chi connectivity index (χ0n) is 18.9. The van der Waals surface area contributed by atoms with Crippen LogP contribution in [-0.2, 0) is 14.3 Å². The average Bonchev–Trinajstić information content (AvgIpc) is 2.81. The number of halogens is 4. The predicted molar refractivity (Wildman–Crippen MR) is 120 cm³/mol. The molecule has 1 aliphatic rings. The molecule has 9 nitrogen and oxygen atoms in total. The van der Waals surface area contributed by atoms with E-state index in [0.717, 1.165) is 12.1 Å². The van der Waals surface area contributed by atoms with Crippen LogP contribution in [0.4, 0.5) is 23.7 Å². The van der Waals surface area contributed by atoms with Crippen molar-refractivity contribution in [2.75, 3.05) is 11.5 Å². The number of anilines is 1. The van der Waals surface area contributed by atoms with E-state index in [4.69, 9.17) is 25.8 Å². The van der Waals surface area contributed by atoms with E-state index in [2.05, 4.69) is 0 Å². The summed E-state index contributed by atoms with van der Waals surface area (Å²) in [4.78, 5) is 36.8. The number of benzene rings is 2. The summed E-state index contributed by atoms with van der Waals surface area (Å²) in [6, 6.07) is 5.92. The topological polar surface area (TPSA) is 118 Å². The van der Waals surface area contributed by atoms with Crippen molar-refractivity contribution in [3.8, 4) is 23.3 Å². The third-order valence-corrected chi connectivity index (χ3v) is 5.18. The third kappa shape index (κ3) is 5.98. The van der Waals surface area contributed by atoms with Crippen molar-refractivity contribution in [1.82, 2.24) is 5.32 Å². The molecule has 2 unspecified atom stereocenters. The second-order valence-corrected chi connectivity index (χ2v) is 7.98. The highest BCUT2D eigenvalue weighted by molar-refractivity contribution is 6.23. The van der Waals surface area contributed by atoms with Gasteiger partial charge in [0.25, 0.3) is 0 Å². The molecule has 3 rings (SSSR count). The van der Waals surface area contributed by atoms with Crippen molar-refractivity contribution in [3.05, 3.63) is 47.8 Å². The maximum Gasteiger partial charge on any atom is 0.347 e. The van der Waals surface area contributed by atoms with E-state index >= 15 is 0 Å². The fourth-order valence-electron chi connectivity index (χ4n) is 3.20. The molecule has 0 saturated carbocycles. The van der Waals surface area contributed by atoms with E-state index in [1.54, 1.807) is 13.0 Å². The fraction of sp³-hybridized carbons (Fsp3) is 0.304. The van der Waals surface area contributed by atoms with Gasteiger partial charge in [-0.15, -0.1) is 0 Å². The van der Waals surface area contributed by atoms with Crippen LogP contribution in [0.15, 0.2) is 36.4 Å². The highest BCUT2D eigenvalue weighted by atomic mass is 35.5. The third-order valence-electron chi connectivity index (χ3n) is 4.92. The minimum atomic E-state index is -3.89. The van der Waals surface area contributed by atoms with Crippen molar-refractivity contribution >= 4 is 35.2 Å². The molecule has 0 aromatic heterocycles. The Morgan fingerprint density at radius 1 is 1.28 bits per heavy atom. The summed E-state index contributed by atoms with van der Waals surface area (Å²) in [7, 11) is 0. The molecule has 1 fully saturated rings. The lowest BCUT2D eigenvalue weighted by molar-refractivity contribution is -0.150. The molecule has 1 saturated heterocycles. The van der Waals surface area contributed by atoms with Gasteiger partial charge >= 0.3 is 17.4 Å². The molecule has 0 radical (unpaired) electrons. The van der Waals surface area contributed by atoms with Gasteiger partial charge in [-0.1, -0.05) is 0 Å². The maximum absolute atomic E-state index is 14.7. The summed E-state index contributed by atoms with van der Waals surface area (Å²) in [5, 5.41) is 7.34. The first-order valence-corrected chi connectivity index (χ1v) is 10.9. The molecule has 0 aliphatic carbocycles. The van der Waals surface area contributed by atoms with Gasteiger partial charge in [-0.3, -0.25) is 4.79 Å². The molecule has 2 aromatic carbocycles. The van der Waals surface area contributed by atoms with Gasteiger partial charge in [0.1, 0.15) is 35.2 Å². The second kappa shape index (κ2) is 10.7. The zero-order chi connectivity index (χ0) is 26.6. The molecule has 2 aromatic rings. The van der Waals surface area contributed by atoms with Crippen LogP contribution >= 0.6 is 11.6 Å². The number of urea groups is 1. The standard InChI is InChI=1S/C23H19ClF3N3O6/c1-3-34-21(32)12(2)35-14-4-6-15(7-5-14)36-18-9-17(16(25)8-13(18)11-28)30-20(31)10-19(23(24,26)27)29-22(30)33/h4-9,12,19H,3,10H2,1-2H3,(H,29,33). The van der Waals surface area contributed by atoms with E-state index in [1.807, 2.05) is 5.32 Å². The number of nitrogens with one attached hydrogen (secondary N) is 1. The molecule has 13 heteroatoms. The van der Waals surface area contributed by atoms with Crippen LogP contribution in [0.2, 0.25) is 0 Å². The Bertz CT molecular complexity index is 1200. The Balaban J connectivity index is 1.83. The van der Waals surface area contributed by atoms with Crippen LogP contribution < -0.4 is 19.7 Å². The maximum atomic E-state index is 14.7. The summed E-state index contributed by atoms with van der Waals surface area (Å²) in [5.74, 6) is -2.55. The Morgan fingerprint density at radius 2 is 1.92 bits per heavy atom. The normalized spacial score (nSPS) is 16.6. The number of esters is 1. The lowest BCUT2D eigenvalue weighted by atomic mass is 10.1. The van der Waals surface area contributed by atoms with Gasteiger partial charge in [-0.05, 0) is 55.8 Å². The van der Waals surface area contributed by atoms with Gasteiger partial charge < -0.3 is 19.5 Å². The van der Waals surface area contributed by atoms with Crippen LogP contribution in [0.25, 0.3) is 0 Å². The van der Waals surface area contributed by atoms with E-state index in [1.165, 1.54) is 31.2 Å². The van der Waals surface area contributed by atoms with Crippen LogP contribution in [0.3, 0.4) is 0 Å². The Morgan fingerprint density at radius 3 is 2.47 bits per heavy atom. The van der Waals surface area contributed by atoms with Gasteiger partial charge in [0, 0.05) is 6.07 Å². The molecular formula is C23H19ClF3N3O6. The molecule has 2 atom stereocenters. The first-order valence-electron chi connectivity index (χ1n) is 10.5. The number of hydrogen-bond acceptors (Lipinski definition) is 7. The summed E-state index contributed by atoms with van der Waals surface area (Å²) < 4.78 is 57.4. The molecule has 1 heterocycles. The number of nitriles is 1. The van der Waals surface area contributed by atoms with Crippen molar-refractivity contribution in [3.63, 3.8) is 0 Å². The number of imide groups is 1. The number of ether oxygens (including phenoxy) is 3. The number of rotatable bonds is 8. The summed E-state index contributed by atoms with van der Waals surface area (Å²) in [6.45, 7) is 3.37. The number of hydrogen-bond donors (Lipinski definition) is 1. The molecule has 1 N–H and O–H groups in total. The number of alkyl halides is 3. The van der Waals surface area contributed by atoms with E-state index in [9.17, 15) is 32.8 Å². The molecular weight excluding hydrogens is 507 g/mol. The minimum Gasteiger partial charge on any atom is -0.479 e. The summed E-state index contributed by atoms with van der Waals surface area (Å²) in [6.07, 6.45) is -1.75. The van der Waals surface area contributed by atoms with Gasteiger partial charge in [0.15, 0.2) is 6.10 Å². The van der Waals surface area contributed by atoms with Gasteiger partial charge in [0.05, 0.1) is 24.3 Å². The Labute approximate surface area is 208 Å². The quantitative estimate of drug-likeness (QED) is 0.399. The van der Waals surface area contributed by atoms with Gasteiger partial charge in [-0.25, -0.2) is 18.9 Å². The summed E-state index contributed by atoms with van der Waals surface area (Å²) >= 11 is 4.91. The molecule has 0 spiro atoms. The van der Waals surface area contributed by atoms with Crippen LogP contribution in [0.1, 0.15) is 25.8 Å². The van der Waals surface area contributed by atoms with Crippen molar-refractivity contribution < 1.29 is 41.8 Å². The van der Waals surface area contributed by atoms with Crippen LogP contribution in [0.5, 0.6) is 17.2 Å². The van der Waals surface area contributed by atoms with Crippen molar-refractivity contribution in [1.29, 1.82) is 5.26 Å². The lowest BCUT2D eigenvalue weighted by Crippen LogP contribution is -2.59. The number of amides is 3. The monoisotopic (exact) mass is 525 g/mol. The molecule has 0 bridgehead atoms. The second-order valence-electron chi connectivity index (χ2n) is 7.47. The Hall–Kier alpha value is -3.98. The van der Waals surface area contributed by atoms with E-state index in [-0.39, 0.29) is 23.7 Å². The van der Waals surface area contributed by atoms with Gasteiger partial charge in [-0.2, -0.15) is 14.0 Å². The highest BCUT2D eigenvalue weighted by Crippen LogP contribution is 2.35. The number of nitrogens with zero attached hydrogens (tertiary/aromatic N) is 2. The smallest absolute Gasteiger partial charge is 0.347 e. The number of carbonyl (C=O) groups excluding carboxylic acids is 3. The highest BCUT2D eigenvalue weighted by Gasteiger charge is 2.46. The molecule has 36 heavy (non-hydrogen) atoms. The molecule has 1 aliphatic heterocycles. The first-order chi connectivity index (χ1) is 16.9. The van der Waals surface area contributed by atoms with Crippen LogP contribution in [0, 0.1) is 17.1 Å². The zero-order valence-corrected chi connectivity index (χ0v) is 19.6. The molecule has 3 amide bonds. The van der Waals surface area contributed by atoms with Gasteiger partial charge in [0.2, 0.25) is 5.91 Å². The van der Waals surface area contributed by atoms with Crippen molar-refractivity contribution in [2.24, 2.45) is 0 Å². The van der Waals surface area contributed by atoms with E-state index < -0.39 is 53.4 Å².